The molecule has 2 heterocycles. The van der Waals surface area contributed by atoms with Gasteiger partial charge in [0.15, 0.2) is 0 Å². The van der Waals surface area contributed by atoms with Crippen LogP contribution in [-0.2, 0) is 11.0 Å². The number of benzene rings is 1. The lowest BCUT2D eigenvalue weighted by atomic mass is 10.1. The fraction of sp³-hybridized carbons (Fsp3) is 0.562. The number of rotatable bonds is 2. The van der Waals surface area contributed by atoms with Gasteiger partial charge in [0.05, 0.1) is 17.7 Å². The summed E-state index contributed by atoms with van der Waals surface area (Å²) in [5.41, 5.74) is -0.144. The van der Waals surface area contributed by atoms with Gasteiger partial charge in [-0.3, -0.25) is 4.79 Å². The zero-order valence-corrected chi connectivity index (χ0v) is 13.1. The number of amides is 1. The van der Waals surface area contributed by atoms with Crippen molar-refractivity contribution in [3.63, 3.8) is 0 Å². The summed E-state index contributed by atoms with van der Waals surface area (Å²) in [4.78, 5) is 15.9. The Hall–Kier alpha value is -1.80. The Morgan fingerprint density at radius 1 is 1.21 bits per heavy atom. The zero-order chi connectivity index (χ0) is 17.3. The number of nitrogens with one attached hydrogen (secondary N) is 1. The van der Waals surface area contributed by atoms with Crippen LogP contribution in [0.2, 0.25) is 0 Å². The third kappa shape index (κ3) is 3.64. The van der Waals surface area contributed by atoms with Crippen molar-refractivity contribution in [3.8, 4) is 0 Å². The molecule has 3 rings (SSSR count). The number of nitrogens with zero attached hydrogens (tertiary/aromatic N) is 2. The maximum Gasteiger partial charge on any atom is 0.416 e. The van der Waals surface area contributed by atoms with E-state index in [1.165, 1.54) is 6.07 Å². The lowest BCUT2D eigenvalue weighted by Gasteiger charge is -2.37. The van der Waals surface area contributed by atoms with Gasteiger partial charge >= 0.3 is 6.18 Å². The van der Waals surface area contributed by atoms with Gasteiger partial charge in [0.25, 0.3) is 0 Å². The number of anilines is 1. The van der Waals surface area contributed by atoms with Crippen LogP contribution in [-0.4, -0.2) is 60.8 Å². The van der Waals surface area contributed by atoms with Gasteiger partial charge in [-0.15, -0.1) is 0 Å². The molecule has 0 radical (unpaired) electrons. The van der Waals surface area contributed by atoms with E-state index >= 15 is 0 Å². The second kappa shape index (κ2) is 6.60. The van der Waals surface area contributed by atoms with Crippen LogP contribution in [0.5, 0.6) is 0 Å². The Bertz CT molecular complexity index is 600. The molecule has 2 saturated heterocycles. The highest BCUT2D eigenvalue weighted by molar-refractivity contribution is 5.82. The fourth-order valence-electron chi connectivity index (χ4n) is 3.19. The van der Waals surface area contributed by atoms with Gasteiger partial charge < -0.3 is 20.2 Å². The summed E-state index contributed by atoms with van der Waals surface area (Å²) in [6.45, 7) is 2.32. The third-order valence-electron chi connectivity index (χ3n) is 4.54. The Labute approximate surface area is 138 Å². The van der Waals surface area contributed by atoms with Crippen LogP contribution < -0.4 is 10.2 Å². The molecule has 24 heavy (non-hydrogen) atoms. The number of aliphatic hydroxyl groups is 1. The molecule has 1 aromatic carbocycles. The first-order chi connectivity index (χ1) is 11.3. The van der Waals surface area contributed by atoms with E-state index in [9.17, 15) is 23.1 Å². The van der Waals surface area contributed by atoms with Crippen molar-refractivity contribution in [1.82, 2.24) is 10.2 Å². The molecule has 5 nitrogen and oxygen atoms in total. The van der Waals surface area contributed by atoms with Crippen molar-refractivity contribution in [3.05, 3.63) is 29.8 Å². The van der Waals surface area contributed by atoms with Gasteiger partial charge in [-0.2, -0.15) is 13.2 Å². The van der Waals surface area contributed by atoms with Crippen molar-refractivity contribution in [2.24, 2.45) is 0 Å². The third-order valence-corrected chi connectivity index (χ3v) is 4.54. The molecule has 1 amide bonds. The van der Waals surface area contributed by atoms with Gasteiger partial charge in [0, 0.05) is 38.4 Å². The summed E-state index contributed by atoms with van der Waals surface area (Å²) in [7, 11) is 0. The average Bonchev–Trinajstić information content (AvgIpc) is 3.00. The largest absolute Gasteiger partial charge is 0.416 e. The van der Waals surface area contributed by atoms with Gasteiger partial charge in [0.2, 0.25) is 5.91 Å². The molecule has 0 aromatic heterocycles. The van der Waals surface area contributed by atoms with E-state index in [1.54, 1.807) is 11.0 Å². The van der Waals surface area contributed by atoms with Crippen molar-refractivity contribution < 1.29 is 23.1 Å². The zero-order valence-electron chi connectivity index (χ0n) is 13.1. The van der Waals surface area contributed by atoms with E-state index in [2.05, 4.69) is 5.32 Å². The van der Waals surface area contributed by atoms with Gasteiger partial charge in [-0.25, -0.2) is 0 Å². The summed E-state index contributed by atoms with van der Waals surface area (Å²) < 4.78 is 38.4. The van der Waals surface area contributed by atoms with Crippen LogP contribution in [0.1, 0.15) is 12.0 Å². The monoisotopic (exact) mass is 343 g/mol. The van der Waals surface area contributed by atoms with Crippen LogP contribution in [0.15, 0.2) is 24.3 Å². The van der Waals surface area contributed by atoms with E-state index < -0.39 is 17.8 Å². The summed E-state index contributed by atoms with van der Waals surface area (Å²) in [6, 6.07) is 4.90. The quantitative estimate of drug-likeness (QED) is 0.844. The number of carbonyl (C=O) groups is 1. The Balaban J connectivity index is 1.60. The van der Waals surface area contributed by atoms with E-state index in [0.717, 1.165) is 12.1 Å². The fourth-order valence-corrected chi connectivity index (χ4v) is 3.19. The lowest BCUT2D eigenvalue weighted by molar-refractivity contribution is -0.137. The molecule has 2 aliphatic rings. The van der Waals surface area contributed by atoms with E-state index in [4.69, 9.17) is 0 Å². The maximum atomic E-state index is 12.8. The average molecular weight is 343 g/mol. The van der Waals surface area contributed by atoms with Crippen molar-refractivity contribution >= 4 is 11.6 Å². The second-order valence-corrected chi connectivity index (χ2v) is 6.21. The molecule has 132 valence electrons. The van der Waals surface area contributed by atoms with Crippen LogP contribution in [0, 0.1) is 0 Å². The molecule has 0 saturated carbocycles. The molecule has 2 aliphatic heterocycles. The lowest BCUT2D eigenvalue weighted by Crippen LogP contribution is -2.53. The molecular weight excluding hydrogens is 323 g/mol. The molecule has 2 N–H and O–H groups in total. The molecule has 0 unspecified atom stereocenters. The van der Waals surface area contributed by atoms with Crippen LogP contribution >= 0.6 is 0 Å². The highest BCUT2D eigenvalue weighted by Crippen LogP contribution is 2.31. The molecule has 8 heteroatoms. The predicted octanol–water partition coefficient (Wildman–Crippen LogP) is 1.08. The first-order valence-electron chi connectivity index (χ1n) is 7.97. The van der Waals surface area contributed by atoms with Gasteiger partial charge in [0.1, 0.15) is 0 Å². The number of carbonyl (C=O) groups excluding carboxylic acids is 1. The Morgan fingerprint density at radius 3 is 2.50 bits per heavy atom. The summed E-state index contributed by atoms with van der Waals surface area (Å²) in [5, 5.41) is 12.5. The van der Waals surface area contributed by atoms with Crippen LogP contribution in [0.25, 0.3) is 0 Å². The minimum absolute atomic E-state index is 0.0461. The number of alkyl halides is 3. The molecule has 2 fully saturated rings. The minimum atomic E-state index is -4.36. The van der Waals surface area contributed by atoms with Gasteiger partial charge in [-0.1, -0.05) is 6.07 Å². The molecule has 0 aliphatic carbocycles. The number of halogens is 3. The van der Waals surface area contributed by atoms with E-state index in [-0.39, 0.29) is 11.9 Å². The number of β-amino-alcohol motifs (C(OH)–C–C–N with tert-alkyl or cyclic N) is 1. The van der Waals surface area contributed by atoms with E-state index in [0.29, 0.717) is 44.8 Å². The standard InChI is InChI=1S/C16H20F3N3O2/c17-16(18,19)11-2-1-3-12(8-11)21-4-6-22(7-5-21)15(24)14-9-13(23)10-20-14/h1-3,8,13-14,20,23H,4-7,9-10H2/t13-,14+/m0/s1. The van der Waals surface area contributed by atoms with Crippen molar-refractivity contribution in [1.29, 1.82) is 0 Å². The topological polar surface area (TPSA) is 55.8 Å². The number of hydrogen-bond acceptors (Lipinski definition) is 4. The Kier molecular flexibility index (Phi) is 4.69. The summed E-state index contributed by atoms with van der Waals surface area (Å²) in [6.07, 6.45) is -4.44. The highest BCUT2D eigenvalue weighted by atomic mass is 19.4. The second-order valence-electron chi connectivity index (χ2n) is 6.21. The number of piperazine rings is 1. The number of aliphatic hydroxyl groups excluding tert-OH is 1. The molecule has 2 atom stereocenters. The number of hydrogen-bond donors (Lipinski definition) is 2. The van der Waals surface area contributed by atoms with Crippen molar-refractivity contribution in [2.75, 3.05) is 37.6 Å². The molecule has 0 bridgehead atoms. The van der Waals surface area contributed by atoms with Crippen molar-refractivity contribution in [2.45, 2.75) is 24.7 Å². The van der Waals surface area contributed by atoms with Gasteiger partial charge in [-0.05, 0) is 24.6 Å². The SMILES string of the molecule is O=C([C@H]1C[C@H](O)CN1)N1CCN(c2cccc(C(F)(F)F)c2)CC1. The molecule has 1 aromatic rings. The summed E-state index contributed by atoms with van der Waals surface area (Å²) in [5.74, 6) is -0.0461. The van der Waals surface area contributed by atoms with E-state index in [1.807, 2.05) is 4.90 Å². The first kappa shape index (κ1) is 17.0. The minimum Gasteiger partial charge on any atom is -0.392 e. The smallest absolute Gasteiger partial charge is 0.392 e. The normalized spacial score (nSPS) is 25.2. The molecule has 0 spiro atoms. The predicted molar refractivity (Wildman–Crippen MR) is 82.7 cm³/mol. The highest BCUT2D eigenvalue weighted by Gasteiger charge is 2.34. The Morgan fingerprint density at radius 2 is 1.92 bits per heavy atom. The van der Waals surface area contributed by atoms with Crippen LogP contribution in [0.3, 0.4) is 0 Å². The first-order valence-corrected chi connectivity index (χ1v) is 7.97. The summed E-state index contributed by atoms with van der Waals surface area (Å²) >= 11 is 0. The molecular formula is C16H20F3N3O2. The maximum absolute atomic E-state index is 12.8. The van der Waals surface area contributed by atoms with Crippen LogP contribution in [0.4, 0.5) is 18.9 Å².